The molecule has 0 saturated heterocycles. The first-order valence-corrected chi connectivity index (χ1v) is 8.52. The molecule has 2 aromatic rings. The van der Waals surface area contributed by atoms with E-state index in [2.05, 4.69) is 19.7 Å². The number of nitrogens with zero attached hydrogens (tertiary/aromatic N) is 4. The maximum absolute atomic E-state index is 14.5. The molecule has 11 heteroatoms. The number of ether oxygens (including phenoxy) is 1. The van der Waals surface area contributed by atoms with Crippen molar-refractivity contribution < 1.29 is 27.9 Å². The molecule has 0 fully saturated rings. The number of fused-ring (bicyclic) bond motifs is 1. The van der Waals surface area contributed by atoms with Gasteiger partial charge in [0.1, 0.15) is 30.3 Å². The van der Waals surface area contributed by atoms with E-state index in [1.54, 1.807) is 6.92 Å². The van der Waals surface area contributed by atoms with Crippen molar-refractivity contribution in [2.45, 2.75) is 38.8 Å². The second kappa shape index (κ2) is 6.20. The van der Waals surface area contributed by atoms with E-state index >= 15 is 0 Å². The van der Waals surface area contributed by atoms with Crippen molar-refractivity contribution in [3.8, 4) is 0 Å². The van der Waals surface area contributed by atoms with Gasteiger partial charge in [-0.1, -0.05) is 0 Å². The molecule has 0 bridgehead atoms. The van der Waals surface area contributed by atoms with Gasteiger partial charge >= 0.3 is 7.60 Å². The predicted molar refractivity (Wildman–Crippen MR) is 77.2 cm³/mol. The summed E-state index contributed by atoms with van der Waals surface area (Å²) in [7, 11) is -4.52. The zero-order valence-corrected chi connectivity index (χ0v) is 13.6. The molecule has 0 aliphatic heterocycles. The van der Waals surface area contributed by atoms with Crippen LogP contribution in [0.15, 0.2) is 12.7 Å². The molecular weight excluding hydrogens is 333 g/mol. The highest BCUT2D eigenvalue weighted by Crippen LogP contribution is 2.39. The summed E-state index contributed by atoms with van der Waals surface area (Å²) in [6, 6.07) is -1.38. The van der Waals surface area contributed by atoms with E-state index in [0.29, 0.717) is 11.2 Å². The number of aryl methyl sites for hydroxylation is 1. The number of aromatic nitrogens is 4. The van der Waals surface area contributed by atoms with E-state index < -0.39 is 32.0 Å². The minimum atomic E-state index is -4.52. The van der Waals surface area contributed by atoms with Crippen molar-refractivity contribution in [3.05, 3.63) is 18.3 Å². The Kier molecular flexibility index (Phi) is 4.81. The minimum Gasteiger partial charge on any atom is -0.360 e. The van der Waals surface area contributed by atoms with Crippen LogP contribution in [-0.4, -0.2) is 47.7 Å². The molecule has 0 spiro atoms. The maximum Gasteiger partial charge on any atom is 0.350 e. The summed E-state index contributed by atoms with van der Waals surface area (Å²) in [5.41, 5.74) is 1.24. The van der Waals surface area contributed by atoms with Gasteiger partial charge in [-0.2, -0.15) is 0 Å². The van der Waals surface area contributed by atoms with Crippen LogP contribution in [0, 0.1) is 6.92 Å². The number of rotatable bonds is 6. The molecule has 2 atom stereocenters. The first-order chi connectivity index (χ1) is 10.5. The first kappa shape index (κ1) is 17.9. The Bertz CT molecular complexity index is 748. The molecular formula is C12H17F2N4O4P. The zero-order valence-electron chi connectivity index (χ0n) is 12.7. The van der Waals surface area contributed by atoms with Crippen LogP contribution < -0.4 is 0 Å². The Hall–Kier alpha value is -1.48. The standard InChI is InChI=1S/C12H17F2N4O4P/c1-7-10-11(16-4-15-7)18(5-17-10)8(2)12(13,14)9(3)22-6-23(19,20)21/h4-5,8-9H,6H2,1-3H3,(H2,19,20,21)/t8-,9-/m0/s1. The summed E-state index contributed by atoms with van der Waals surface area (Å²) in [5.74, 6) is -3.40. The van der Waals surface area contributed by atoms with Gasteiger partial charge in [-0.05, 0) is 20.8 Å². The lowest BCUT2D eigenvalue weighted by molar-refractivity contribution is -0.147. The average Bonchev–Trinajstić information content (AvgIpc) is 2.88. The van der Waals surface area contributed by atoms with E-state index in [4.69, 9.17) is 9.79 Å². The van der Waals surface area contributed by atoms with Gasteiger partial charge in [-0.3, -0.25) is 4.57 Å². The Morgan fingerprint density at radius 1 is 1.35 bits per heavy atom. The molecule has 0 aromatic carbocycles. The predicted octanol–water partition coefficient (Wildman–Crippen LogP) is 1.87. The fraction of sp³-hybridized carbons (Fsp3) is 0.583. The maximum atomic E-state index is 14.5. The highest BCUT2D eigenvalue weighted by atomic mass is 31.2. The van der Waals surface area contributed by atoms with Crippen LogP contribution in [0.3, 0.4) is 0 Å². The summed E-state index contributed by atoms with van der Waals surface area (Å²) < 4.78 is 45.6. The molecule has 2 heterocycles. The lowest BCUT2D eigenvalue weighted by Crippen LogP contribution is -2.40. The van der Waals surface area contributed by atoms with Crippen LogP contribution in [-0.2, 0) is 9.30 Å². The number of alkyl halides is 2. The average molecular weight is 350 g/mol. The Morgan fingerprint density at radius 2 is 2.00 bits per heavy atom. The molecule has 0 saturated carbocycles. The van der Waals surface area contributed by atoms with E-state index in [0.717, 1.165) is 6.92 Å². The van der Waals surface area contributed by atoms with Crippen molar-refractivity contribution in [3.63, 3.8) is 0 Å². The molecule has 0 amide bonds. The molecule has 2 N–H and O–H groups in total. The normalized spacial score (nSPS) is 15.8. The lowest BCUT2D eigenvalue weighted by atomic mass is 10.1. The van der Waals surface area contributed by atoms with Crippen LogP contribution in [0.25, 0.3) is 11.2 Å². The van der Waals surface area contributed by atoms with Crippen molar-refractivity contribution in [2.75, 3.05) is 6.35 Å². The third-order valence-corrected chi connectivity index (χ3v) is 4.04. The summed E-state index contributed by atoms with van der Waals surface area (Å²) >= 11 is 0. The van der Waals surface area contributed by atoms with Crippen LogP contribution >= 0.6 is 7.60 Å². The van der Waals surface area contributed by atoms with Crippen molar-refractivity contribution >= 4 is 18.8 Å². The van der Waals surface area contributed by atoms with Gasteiger partial charge in [0, 0.05) is 0 Å². The number of hydrogen-bond donors (Lipinski definition) is 2. The first-order valence-electron chi connectivity index (χ1n) is 6.72. The van der Waals surface area contributed by atoms with Crippen LogP contribution in [0.1, 0.15) is 25.6 Å². The molecule has 0 aliphatic carbocycles. The molecule has 8 nitrogen and oxygen atoms in total. The Balaban J connectivity index is 2.27. The summed E-state index contributed by atoms with van der Waals surface area (Å²) in [6.07, 6.45) is -0.275. The Morgan fingerprint density at radius 3 is 2.61 bits per heavy atom. The Labute approximate surface area is 130 Å². The largest absolute Gasteiger partial charge is 0.360 e. The molecule has 2 rings (SSSR count). The monoisotopic (exact) mass is 350 g/mol. The minimum absolute atomic E-state index is 0.256. The third kappa shape index (κ3) is 3.72. The van der Waals surface area contributed by atoms with E-state index in [-0.39, 0.29) is 5.65 Å². The second-order valence-electron chi connectivity index (χ2n) is 5.24. The van der Waals surface area contributed by atoms with Crippen molar-refractivity contribution in [1.29, 1.82) is 0 Å². The van der Waals surface area contributed by atoms with Gasteiger partial charge in [-0.15, -0.1) is 0 Å². The molecule has 0 aliphatic rings. The van der Waals surface area contributed by atoms with E-state index in [9.17, 15) is 13.3 Å². The van der Waals surface area contributed by atoms with E-state index in [1.807, 2.05) is 0 Å². The van der Waals surface area contributed by atoms with Gasteiger partial charge in [0.25, 0.3) is 5.92 Å². The SMILES string of the molecule is Cc1ncnc2c1ncn2[C@@H](C)C(F)(F)[C@H](C)OCP(=O)(O)O. The van der Waals surface area contributed by atoms with Crippen molar-refractivity contribution in [1.82, 2.24) is 19.5 Å². The van der Waals surface area contributed by atoms with Gasteiger partial charge < -0.3 is 19.1 Å². The molecule has 128 valence electrons. The van der Waals surface area contributed by atoms with Crippen LogP contribution in [0.2, 0.25) is 0 Å². The summed E-state index contributed by atoms with van der Waals surface area (Å²) in [4.78, 5) is 29.4. The molecule has 23 heavy (non-hydrogen) atoms. The quantitative estimate of drug-likeness (QED) is 0.765. The van der Waals surface area contributed by atoms with Gasteiger partial charge in [0.15, 0.2) is 5.65 Å². The number of hydrogen-bond acceptors (Lipinski definition) is 5. The second-order valence-corrected chi connectivity index (χ2v) is 6.82. The number of halogens is 2. The lowest BCUT2D eigenvalue weighted by Gasteiger charge is -2.30. The molecule has 2 aromatic heterocycles. The van der Waals surface area contributed by atoms with Gasteiger partial charge in [0.05, 0.1) is 12.0 Å². The van der Waals surface area contributed by atoms with Gasteiger partial charge in [0.2, 0.25) is 0 Å². The van der Waals surface area contributed by atoms with Gasteiger partial charge in [-0.25, -0.2) is 23.7 Å². The highest BCUT2D eigenvalue weighted by molar-refractivity contribution is 7.51. The fourth-order valence-electron chi connectivity index (χ4n) is 2.10. The molecule has 0 unspecified atom stereocenters. The smallest absolute Gasteiger partial charge is 0.350 e. The fourth-order valence-corrected chi connectivity index (χ4v) is 2.52. The summed E-state index contributed by atoms with van der Waals surface area (Å²) in [5, 5.41) is 0. The van der Waals surface area contributed by atoms with E-state index in [1.165, 1.54) is 24.1 Å². The highest BCUT2D eigenvalue weighted by Gasteiger charge is 2.45. The van der Waals surface area contributed by atoms with Crippen LogP contribution in [0.4, 0.5) is 8.78 Å². The van der Waals surface area contributed by atoms with Crippen LogP contribution in [0.5, 0.6) is 0 Å². The molecule has 0 radical (unpaired) electrons. The topological polar surface area (TPSA) is 110 Å². The zero-order chi connectivity index (χ0) is 17.4. The third-order valence-electron chi connectivity index (χ3n) is 3.55. The summed E-state index contributed by atoms with van der Waals surface area (Å²) in [6.45, 7) is 4.01. The number of imidazole rings is 1. The van der Waals surface area contributed by atoms with Crippen molar-refractivity contribution in [2.24, 2.45) is 0 Å².